The molecule has 90 valence electrons. The summed E-state index contributed by atoms with van der Waals surface area (Å²) in [5, 5.41) is 8.81. The normalized spacial score (nSPS) is 17.6. The maximum absolute atomic E-state index is 8.81. The van der Waals surface area contributed by atoms with Gasteiger partial charge in [-0.15, -0.1) is 0 Å². The third-order valence-corrected chi connectivity index (χ3v) is 3.11. The van der Waals surface area contributed by atoms with Crippen LogP contribution in [-0.4, -0.2) is 31.1 Å². The van der Waals surface area contributed by atoms with Crippen molar-refractivity contribution in [3.8, 4) is 11.8 Å². The summed E-state index contributed by atoms with van der Waals surface area (Å²) in [6.07, 6.45) is 1.08. The number of nitrogens with zero attached hydrogens (tertiary/aromatic N) is 2. The van der Waals surface area contributed by atoms with Crippen LogP contribution in [-0.2, 0) is 0 Å². The molecule has 1 heterocycles. The molecular formula is C14H18N2O. The Morgan fingerprint density at radius 3 is 3.06 bits per heavy atom. The van der Waals surface area contributed by atoms with Gasteiger partial charge in [-0.1, -0.05) is 25.1 Å². The molecule has 0 aromatic heterocycles. The molecule has 0 N–H and O–H groups in total. The summed E-state index contributed by atoms with van der Waals surface area (Å²) in [6, 6.07) is 10.4. The van der Waals surface area contributed by atoms with Gasteiger partial charge in [0.25, 0.3) is 0 Å². The highest BCUT2D eigenvalue weighted by atomic mass is 16.5. The Bertz CT molecular complexity index is 411. The molecule has 0 radical (unpaired) electrons. The van der Waals surface area contributed by atoms with Gasteiger partial charge in [0.2, 0.25) is 0 Å². The summed E-state index contributed by atoms with van der Waals surface area (Å²) in [5.41, 5.74) is 1.28. The smallest absolute Gasteiger partial charge is 0.122 e. The molecule has 0 spiro atoms. The van der Waals surface area contributed by atoms with Crippen molar-refractivity contribution in [1.82, 2.24) is 4.90 Å². The van der Waals surface area contributed by atoms with Gasteiger partial charge in [-0.25, -0.2) is 0 Å². The van der Waals surface area contributed by atoms with E-state index >= 15 is 0 Å². The van der Waals surface area contributed by atoms with Crippen molar-refractivity contribution < 1.29 is 4.74 Å². The molecule has 1 unspecified atom stereocenters. The van der Waals surface area contributed by atoms with Gasteiger partial charge in [-0.05, 0) is 19.0 Å². The predicted octanol–water partition coefficient (Wildman–Crippen LogP) is 2.40. The van der Waals surface area contributed by atoms with Crippen LogP contribution in [0.5, 0.6) is 5.75 Å². The molecule has 0 aliphatic carbocycles. The van der Waals surface area contributed by atoms with Crippen molar-refractivity contribution in [2.75, 3.05) is 26.2 Å². The summed E-state index contributed by atoms with van der Waals surface area (Å²) in [5.74, 6) is 1.41. The maximum atomic E-state index is 8.81. The molecule has 1 aliphatic rings. The van der Waals surface area contributed by atoms with E-state index in [1.165, 1.54) is 5.56 Å². The van der Waals surface area contributed by atoms with E-state index in [-0.39, 0.29) is 0 Å². The van der Waals surface area contributed by atoms with Crippen molar-refractivity contribution in [1.29, 1.82) is 5.26 Å². The van der Waals surface area contributed by atoms with Crippen LogP contribution in [0.1, 0.15) is 24.8 Å². The van der Waals surface area contributed by atoms with Crippen molar-refractivity contribution >= 4 is 0 Å². The number of ether oxygens (including phenoxy) is 1. The molecule has 0 amide bonds. The fraction of sp³-hybridized carbons (Fsp3) is 0.500. The van der Waals surface area contributed by atoms with Crippen molar-refractivity contribution in [2.45, 2.75) is 19.3 Å². The first-order valence-corrected chi connectivity index (χ1v) is 6.16. The van der Waals surface area contributed by atoms with Crippen LogP contribution in [0.4, 0.5) is 0 Å². The second kappa shape index (κ2) is 5.70. The average Bonchev–Trinajstić information content (AvgIpc) is 2.74. The summed E-state index contributed by atoms with van der Waals surface area (Å²) in [4.78, 5) is 2.20. The Morgan fingerprint density at radius 2 is 2.29 bits per heavy atom. The third kappa shape index (κ3) is 2.78. The van der Waals surface area contributed by atoms with Gasteiger partial charge in [-0.3, -0.25) is 4.90 Å². The van der Waals surface area contributed by atoms with Gasteiger partial charge >= 0.3 is 0 Å². The van der Waals surface area contributed by atoms with Gasteiger partial charge < -0.3 is 4.74 Å². The standard InChI is InChI=1S/C14H18N2O/c1-2-8-16(9-7-15)10-12-11-17-14-6-4-3-5-13(12)14/h3-6,12H,2,8-11H2,1H3. The molecule has 0 saturated heterocycles. The largest absolute Gasteiger partial charge is 0.493 e. The lowest BCUT2D eigenvalue weighted by atomic mass is 10.0. The lowest BCUT2D eigenvalue weighted by molar-refractivity contribution is 0.252. The number of fused-ring (bicyclic) bond motifs is 1. The summed E-state index contributed by atoms with van der Waals surface area (Å²) < 4.78 is 5.66. The average molecular weight is 230 g/mol. The molecule has 0 fully saturated rings. The monoisotopic (exact) mass is 230 g/mol. The van der Waals surface area contributed by atoms with Crippen molar-refractivity contribution in [3.05, 3.63) is 29.8 Å². The molecule has 17 heavy (non-hydrogen) atoms. The number of rotatable bonds is 5. The van der Waals surface area contributed by atoms with Crippen LogP contribution < -0.4 is 4.74 Å². The van der Waals surface area contributed by atoms with E-state index in [0.29, 0.717) is 12.5 Å². The lowest BCUT2D eigenvalue weighted by Crippen LogP contribution is -2.30. The first-order valence-electron chi connectivity index (χ1n) is 6.16. The molecule has 0 saturated carbocycles. The molecule has 1 aromatic rings. The summed E-state index contributed by atoms with van der Waals surface area (Å²) in [6.45, 7) is 5.28. The van der Waals surface area contributed by atoms with E-state index < -0.39 is 0 Å². The Hall–Kier alpha value is -1.53. The fourth-order valence-corrected chi connectivity index (χ4v) is 2.34. The van der Waals surface area contributed by atoms with Crippen LogP contribution in [0.2, 0.25) is 0 Å². The van der Waals surface area contributed by atoms with E-state index in [0.717, 1.165) is 31.9 Å². The van der Waals surface area contributed by atoms with Gasteiger partial charge in [0.1, 0.15) is 5.75 Å². The molecule has 3 heteroatoms. The minimum Gasteiger partial charge on any atom is -0.493 e. The zero-order valence-electron chi connectivity index (χ0n) is 10.2. The van der Waals surface area contributed by atoms with Crippen LogP contribution >= 0.6 is 0 Å². The Balaban J connectivity index is 2.02. The Kier molecular flexibility index (Phi) is 4.00. The zero-order valence-corrected chi connectivity index (χ0v) is 10.2. The molecule has 1 aliphatic heterocycles. The summed E-state index contributed by atoms with van der Waals surface area (Å²) >= 11 is 0. The van der Waals surface area contributed by atoms with E-state index in [1.807, 2.05) is 12.1 Å². The molecule has 1 atom stereocenters. The first-order chi connectivity index (χ1) is 8.35. The van der Waals surface area contributed by atoms with Gasteiger partial charge in [-0.2, -0.15) is 5.26 Å². The third-order valence-electron chi connectivity index (χ3n) is 3.11. The summed E-state index contributed by atoms with van der Waals surface area (Å²) in [7, 11) is 0. The van der Waals surface area contributed by atoms with Gasteiger partial charge in [0.05, 0.1) is 19.2 Å². The maximum Gasteiger partial charge on any atom is 0.122 e. The second-order valence-corrected chi connectivity index (χ2v) is 4.44. The number of para-hydroxylation sites is 1. The topological polar surface area (TPSA) is 36.3 Å². The zero-order chi connectivity index (χ0) is 12.1. The minimum atomic E-state index is 0.408. The van der Waals surface area contributed by atoms with E-state index in [9.17, 15) is 0 Å². The quantitative estimate of drug-likeness (QED) is 0.729. The molecule has 2 rings (SSSR count). The van der Waals surface area contributed by atoms with Crippen molar-refractivity contribution in [3.63, 3.8) is 0 Å². The van der Waals surface area contributed by atoms with E-state index in [2.05, 4.69) is 30.0 Å². The van der Waals surface area contributed by atoms with Crippen molar-refractivity contribution in [2.24, 2.45) is 0 Å². The highest BCUT2D eigenvalue weighted by Crippen LogP contribution is 2.33. The minimum absolute atomic E-state index is 0.408. The number of nitriles is 1. The van der Waals surface area contributed by atoms with Gasteiger partial charge in [0.15, 0.2) is 0 Å². The van der Waals surface area contributed by atoms with Crippen LogP contribution in [0, 0.1) is 11.3 Å². The molecule has 3 nitrogen and oxygen atoms in total. The first kappa shape index (κ1) is 11.9. The second-order valence-electron chi connectivity index (χ2n) is 4.44. The number of hydrogen-bond acceptors (Lipinski definition) is 3. The lowest BCUT2D eigenvalue weighted by Gasteiger charge is -2.21. The highest BCUT2D eigenvalue weighted by Gasteiger charge is 2.25. The highest BCUT2D eigenvalue weighted by molar-refractivity contribution is 5.39. The Labute approximate surface area is 103 Å². The number of hydrogen-bond donors (Lipinski definition) is 0. The van der Waals surface area contributed by atoms with Crippen LogP contribution in [0.3, 0.4) is 0 Å². The van der Waals surface area contributed by atoms with E-state index in [4.69, 9.17) is 10.00 Å². The SMILES string of the molecule is CCCN(CC#N)CC1COc2ccccc21. The molecular weight excluding hydrogens is 212 g/mol. The molecule has 1 aromatic carbocycles. The van der Waals surface area contributed by atoms with Crippen LogP contribution in [0.15, 0.2) is 24.3 Å². The fourth-order valence-electron chi connectivity index (χ4n) is 2.34. The molecule has 0 bridgehead atoms. The van der Waals surface area contributed by atoms with Gasteiger partial charge in [0, 0.05) is 18.0 Å². The predicted molar refractivity (Wildman–Crippen MR) is 67.0 cm³/mol. The van der Waals surface area contributed by atoms with E-state index in [1.54, 1.807) is 0 Å². The number of benzene rings is 1. The Morgan fingerprint density at radius 1 is 1.47 bits per heavy atom. The van der Waals surface area contributed by atoms with Crippen LogP contribution in [0.25, 0.3) is 0 Å².